The van der Waals surface area contributed by atoms with Crippen molar-refractivity contribution in [2.24, 2.45) is 0 Å². The highest BCUT2D eigenvalue weighted by molar-refractivity contribution is 8.10. The Bertz CT molecular complexity index is 349. The molecule has 66 valence electrons. The highest BCUT2D eigenvalue weighted by Crippen LogP contribution is 2.29. The topological polar surface area (TPSA) is 12.0 Å². The highest BCUT2D eigenvalue weighted by Gasteiger charge is 2.01. The Morgan fingerprint density at radius 3 is 2.54 bits per heavy atom. The van der Waals surface area contributed by atoms with Crippen LogP contribution in [0.1, 0.15) is 11.1 Å². The van der Waals surface area contributed by atoms with Crippen LogP contribution in [0.15, 0.2) is 42.1 Å². The van der Waals surface area contributed by atoms with Crippen molar-refractivity contribution < 1.29 is 0 Å². The molecule has 0 spiro atoms. The van der Waals surface area contributed by atoms with Crippen LogP contribution >= 0.6 is 11.8 Å². The van der Waals surface area contributed by atoms with E-state index < -0.39 is 0 Å². The molecule has 13 heavy (non-hydrogen) atoms. The summed E-state index contributed by atoms with van der Waals surface area (Å²) in [4.78, 5) is 1.27. The van der Waals surface area contributed by atoms with Crippen molar-refractivity contribution in [2.75, 3.05) is 0 Å². The van der Waals surface area contributed by atoms with Crippen molar-refractivity contribution >= 4 is 16.7 Å². The first-order valence-electron chi connectivity index (χ1n) is 4.21. The van der Waals surface area contributed by atoms with Crippen molar-refractivity contribution in [1.29, 1.82) is 0 Å². The molecule has 0 aromatic heterocycles. The van der Waals surface area contributed by atoms with Crippen LogP contribution in [-0.2, 0) is 0 Å². The van der Waals surface area contributed by atoms with E-state index in [1.54, 1.807) is 11.8 Å². The molecule has 1 aromatic rings. The van der Waals surface area contributed by atoms with Crippen molar-refractivity contribution in [1.82, 2.24) is 5.32 Å². The van der Waals surface area contributed by atoms with Crippen molar-refractivity contribution in [2.45, 2.75) is 6.92 Å². The molecule has 2 rings (SSSR count). The molecule has 0 aliphatic carbocycles. The Balaban J connectivity index is 2.25. The van der Waals surface area contributed by atoms with E-state index in [0.29, 0.717) is 0 Å². The molecular formula is C11H11NS. The van der Waals surface area contributed by atoms with Gasteiger partial charge in [-0.25, -0.2) is 0 Å². The lowest BCUT2D eigenvalue weighted by Gasteiger charge is -2.08. The normalized spacial score (nSPS) is 15.0. The lowest BCUT2D eigenvalue weighted by molar-refractivity contribution is 1.21. The summed E-state index contributed by atoms with van der Waals surface area (Å²) in [6, 6.07) is 8.56. The summed E-state index contributed by atoms with van der Waals surface area (Å²) in [6.07, 6.45) is 3.96. The SMILES string of the molecule is Cc1ccc(C2=CNC=CS2)cc1. The molecule has 2 heteroatoms. The predicted molar refractivity (Wildman–Crippen MR) is 59.0 cm³/mol. The molecule has 0 fully saturated rings. The number of nitrogens with one attached hydrogen (secondary N) is 1. The average Bonchev–Trinajstić information content (AvgIpc) is 2.20. The summed E-state index contributed by atoms with van der Waals surface area (Å²) in [5.41, 5.74) is 2.57. The standard InChI is InChI=1S/C11H11NS/c1-9-2-4-10(5-3-9)11-8-12-6-7-13-11/h2-8,12H,1H3. The molecule has 1 aromatic carbocycles. The van der Waals surface area contributed by atoms with Gasteiger partial charge in [-0.2, -0.15) is 0 Å². The number of rotatable bonds is 1. The van der Waals surface area contributed by atoms with Gasteiger partial charge in [0.15, 0.2) is 0 Å². The molecule has 0 unspecified atom stereocenters. The summed E-state index contributed by atoms with van der Waals surface area (Å²) in [6.45, 7) is 2.10. The molecule has 0 bridgehead atoms. The third-order valence-corrected chi connectivity index (χ3v) is 2.79. The van der Waals surface area contributed by atoms with E-state index in [0.717, 1.165) is 0 Å². The average molecular weight is 189 g/mol. The van der Waals surface area contributed by atoms with Crippen LogP contribution in [0.4, 0.5) is 0 Å². The van der Waals surface area contributed by atoms with Crippen molar-refractivity contribution in [3.63, 3.8) is 0 Å². The van der Waals surface area contributed by atoms with Gasteiger partial charge in [-0.05, 0) is 17.9 Å². The first-order chi connectivity index (χ1) is 6.36. The fourth-order valence-electron chi connectivity index (χ4n) is 1.17. The maximum atomic E-state index is 3.08. The number of thioether (sulfide) groups is 1. The Morgan fingerprint density at radius 1 is 1.15 bits per heavy atom. The van der Waals surface area contributed by atoms with Crippen LogP contribution in [-0.4, -0.2) is 0 Å². The van der Waals surface area contributed by atoms with Crippen LogP contribution in [0, 0.1) is 6.92 Å². The number of hydrogen-bond acceptors (Lipinski definition) is 2. The maximum absolute atomic E-state index is 3.08. The molecule has 1 aliphatic heterocycles. The Kier molecular flexibility index (Phi) is 2.41. The minimum absolute atomic E-state index is 1.27. The van der Waals surface area contributed by atoms with E-state index >= 15 is 0 Å². The fraction of sp³-hybridized carbons (Fsp3) is 0.0909. The van der Waals surface area contributed by atoms with Crippen molar-refractivity contribution in [3.05, 3.63) is 53.2 Å². The molecule has 1 N–H and O–H groups in total. The van der Waals surface area contributed by atoms with Gasteiger partial charge in [0, 0.05) is 17.3 Å². The molecule has 0 saturated heterocycles. The van der Waals surface area contributed by atoms with Gasteiger partial charge in [0.1, 0.15) is 0 Å². The zero-order valence-electron chi connectivity index (χ0n) is 7.45. The smallest absolute Gasteiger partial charge is 0.0349 e. The van der Waals surface area contributed by atoms with Gasteiger partial charge in [-0.3, -0.25) is 0 Å². The molecule has 0 saturated carbocycles. The van der Waals surface area contributed by atoms with E-state index in [4.69, 9.17) is 0 Å². The second kappa shape index (κ2) is 3.71. The number of benzene rings is 1. The van der Waals surface area contributed by atoms with E-state index in [1.165, 1.54) is 16.0 Å². The molecule has 1 heterocycles. The van der Waals surface area contributed by atoms with Crippen LogP contribution in [0.5, 0.6) is 0 Å². The highest BCUT2D eigenvalue weighted by atomic mass is 32.2. The molecule has 0 atom stereocenters. The van der Waals surface area contributed by atoms with Crippen LogP contribution in [0.2, 0.25) is 0 Å². The third-order valence-electron chi connectivity index (χ3n) is 1.91. The van der Waals surface area contributed by atoms with Crippen LogP contribution < -0.4 is 5.32 Å². The van der Waals surface area contributed by atoms with E-state index in [9.17, 15) is 0 Å². The first-order valence-corrected chi connectivity index (χ1v) is 5.09. The van der Waals surface area contributed by atoms with E-state index in [2.05, 4.69) is 41.9 Å². The van der Waals surface area contributed by atoms with Gasteiger partial charge in [0.05, 0.1) is 0 Å². The lowest BCUT2D eigenvalue weighted by Crippen LogP contribution is -1.97. The van der Waals surface area contributed by atoms with Gasteiger partial charge in [-0.1, -0.05) is 41.6 Å². The summed E-state index contributed by atoms with van der Waals surface area (Å²) in [5, 5.41) is 5.14. The Labute approximate surface area is 82.5 Å². The zero-order chi connectivity index (χ0) is 9.10. The van der Waals surface area contributed by atoms with Gasteiger partial charge < -0.3 is 5.32 Å². The number of hydrogen-bond donors (Lipinski definition) is 1. The van der Waals surface area contributed by atoms with Crippen LogP contribution in [0.3, 0.4) is 0 Å². The van der Waals surface area contributed by atoms with E-state index in [1.807, 2.05) is 12.4 Å². The molecular weight excluding hydrogens is 178 g/mol. The third kappa shape index (κ3) is 1.95. The lowest BCUT2D eigenvalue weighted by atomic mass is 10.1. The van der Waals surface area contributed by atoms with E-state index in [-0.39, 0.29) is 0 Å². The minimum Gasteiger partial charge on any atom is -0.366 e. The monoisotopic (exact) mass is 189 g/mol. The summed E-state index contributed by atoms with van der Waals surface area (Å²) >= 11 is 1.74. The maximum Gasteiger partial charge on any atom is 0.0349 e. The molecule has 0 amide bonds. The molecule has 1 aliphatic rings. The Hall–Kier alpha value is -1.15. The summed E-state index contributed by atoms with van der Waals surface area (Å²) in [7, 11) is 0. The van der Waals surface area contributed by atoms with Gasteiger partial charge in [0.25, 0.3) is 0 Å². The predicted octanol–water partition coefficient (Wildman–Crippen LogP) is 3.10. The largest absolute Gasteiger partial charge is 0.366 e. The van der Waals surface area contributed by atoms with Crippen molar-refractivity contribution in [3.8, 4) is 0 Å². The fourth-order valence-corrected chi connectivity index (χ4v) is 1.88. The van der Waals surface area contributed by atoms with Gasteiger partial charge in [0.2, 0.25) is 0 Å². The van der Waals surface area contributed by atoms with Crippen LogP contribution in [0.25, 0.3) is 4.91 Å². The second-order valence-corrected chi connectivity index (χ2v) is 3.91. The summed E-state index contributed by atoms with van der Waals surface area (Å²) in [5.74, 6) is 0. The zero-order valence-corrected chi connectivity index (χ0v) is 8.27. The first kappa shape index (κ1) is 8.45. The molecule has 0 radical (unpaired) electrons. The minimum atomic E-state index is 1.27. The summed E-state index contributed by atoms with van der Waals surface area (Å²) < 4.78 is 0. The Morgan fingerprint density at radius 2 is 1.92 bits per heavy atom. The second-order valence-electron chi connectivity index (χ2n) is 2.96. The molecule has 1 nitrogen and oxygen atoms in total. The van der Waals surface area contributed by atoms with Gasteiger partial charge >= 0.3 is 0 Å². The van der Waals surface area contributed by atoms with Gasteiger partial charge in [-0.15, -0.1) is 0 Å². The quantitative estimate of drug-likeness (QED) is 0.728. The number of aryl methyl sites for hydroxylation is 1.